The largest absolute Gasteiger partial charge is 0.399 e. The molecule has 128 valence electrons. The summed E-state index contributed by atoms with van der Waals surface area (Å²) >= 11 is 0. The van der Waals surface area contributed by atoms with Crippen LogP contribution in [0.2, 0.25) is 0 Å². The lowest BCUT2D eigenvalue weighted by molar-refractivity contribution is -0.112. The van der Waals surface area contributed by atoms with Crippen LogP contribution in [0.25, 0.3) is 12.2 Å². The zero-order chi connectivity index (χ0) is 18.0. The van der Waals surface area contributed by atoms with Crippen molar-refractivity contribution in [2.24, 2.45) is 0 Å². The Hall–Kier alpha value is -3.21. The van der Waals surface area contributed by atoms with Gasteiger partial charge in [-0.1, -0.05) is 12.1 Å². The lowest BCUT2D eigenvalue weighted by atomic mass is 9.86. The Kier molecular flexibility index (Phi) is 4.48. The molecular weight excluding hydrogens is 312 g/mol. The molecule has 5 heteroatoms. The first kappa shape index (κ1) is 16.6. The molecule has 0 saturated heterocycles. The van der Waals surface area contributed by atoms with Crippen LogP contribution in [0.5, 0.6) is 0 Å². The number of carbonyl (C=O) groups excluding carboxylic acids is 1. The van der Waals surface area contributed by atoms with E-state index in [0.29, 0.717) is 22.7 Å². The smallest absolute Gasteiger partial charge is 0.185 e. The van der Waals surface area contributed by atoms with Crippen LogP contribution < -0.4 is 22.9 Å². The van der Waals surface area contributed by atoms with Crippen molar-refractivity contribution in [1.29, 1.82) is 0 Å². The topological polar surface area (TPSA) is 121 Å². The molecule has 3 rings (SSSR count). The van der Waals surface area contributed by atoms with E-state index in [-0.39, 0.29) is 5.78 Å². The number of nitrogen functional groups attached to an aromatic ring is 4. The molecule has 2 aromatic rings. The predicted molar refractivity (Wildman–Crippen MR) is 105 cm³/mol. The number of hydrogen-bond donors (Lipinski definition) is 4. The molecule has 5 nitrogen and oxygen atoms in total. The van der Waals surface area contributed by atoms with Gasteiger partial charge in [-0.2, -0.15) is 0 Å². The average Bonchev–Trinajstić information content (AvgIpc) is 2.56. The van der Waals surface area contributed by atoms with Crippen molar-refractivity contribution in [3.05, 3.63) is 58.7 Å². The highest BCUT2D eigenvalue weighted by molar-refractivity contribution is 6.14. The standard InChI is InChI=1S/C20H22N4O/c21-16-6-4-12(18(23)10-16)8-14-2-1-3-15(20(14)25)9-13-5-7-17(22)11-19(13)24/h4-11H,1-3,21-24H2. The van der Waals surface area contributed by atoms with Crippen molar-refractivity contribution < 1.29 is 4.79 Å². The molecule has 0 unspecified atom stereocenters. The van der Waals surface area contributed by atoms with Gasteiger partial charge in [0.1, 0.15) is 0 Å². The van der Waals surface area contributed by atoms with Gasteiger partial charge in [-0.3, -0.25) is 4.79 Å². The Morgan fingerprint density at radius 2 is 1.16 bits per heavy atom. The zero-order valence-corrected chi connectivity index (χ0v) is 14.0. The monoisotopic (exact) mass is 334 g/mol. The number of nitrogens with two attached hydrogens (primary N) is 4. The van der Waals surface area contributed by atoms with Crippen LogP contribution >= 0.6 is 0 Å². The number of hydrogen-bond acceptors (Lipinski definition) is 5. The third-order valence-electron chi connectivity index (χ3n) is 4.36. The molecule has 0 atom stereocenters. The van der Waals surface area contributed by atoms with Crippen molar-refractivity contribution in [2.45, 2.75) is 19.3 Å². The molecule has 8 N–H and O–H groups in total. The van der Waals surface area contributed by atoms with Gasteiger partial charge in [-0.15, -0.1) is 0 Å². The van der Waals surface area contributed by atoms with Crippen LogP contribution in [0.15, 0.2) is 47.5 Å². The molecule has 0 aromatic heterocycles. The molecule has 25 heavy (non-hydrogen) atoms. The van der Waals surface area contributed by atoms with Crippen LogP contribution in [-0.4, -0.2) is 5.78 Å². The fourth-order valence-corrected chi connectivity index (χ4v) is 3.00. The van der Waals surface area contributed by atoms with Gasteiger partial charge >= 0.3 is 0 Å². The Morgan fingerprint density at radius 3 is 1.56 bits per heavy atom. The summed E-state index contributed by atoms with van der Waals surface area (Å²) in [5.41, 5.74) is 28.9. The average molecular weight is 334 g/mol. The summed E-state index contributed by atoms with van der Waals surface area (Å²) in [6.45, 7) is 0. The van der Waals surface area contributed by atoms with Crippen LogP contribution in [-0.2, 0) is 4.79 Å². The number of anilines is 4. The molecule has 1 saturated carbocycles. The molecule has 0 radical (unpaired) electrons. The maximum absolute atomic E-state index is 12.8. The second kappa shape index (κ2) is 6.73. The maximum Gasteiger partial charge on any atom is 0.185 e. The van der Waals surface area contributed by atoms with Crippen molar-refractivity contribution in [3.63, 3.8) is 0 Å². The summed E-state index contributed by atoms with van der Waals surface area (Å²) < 4.78 is 0. The van der Waals surface area contributed by atoms with Crippen LogP contribution in [0, 0.1) is 0 Å². The van der Waals surface area contributed by atoms with Crippen molar-refractivity contribution in [1.82, 2.24) is 0 Å². The van der Waals surface area contributed by atoms with Crippen molar-refractivity contribution in [3.8, 4) is 0 Å². The zero-order valence-electron chi connectivity index (χ0n) is 14.0. The predicted octanol–water partition coefficient (Wildman–Crippen LogP) is 3.24. The molecule has 2 aromatic carbocycles. The van der Waals surface area contributed by atoms with E-state index in [4.69, 9.17) is 22.9 Å². The minimum atomic E-state index is 0.0405. The van der Waals surface area contributed by atoms with Gasteiger partial charge in [-0.05, 0) is 66.8 Å². The Morgan fingerprint density at radius 1 is 0.720 bits per heavy atom. The third kappa shape index (κ3) is 3.66. The van der Waals surface area contributed by atoms with Gasteiger partial charge in [-0.25, -0.2) is 0 Å². The summed E-state index contributed by atoms with van der Waals surface area (Å²) in [5, 5.41) is 0. The van der Waals surface area contributed by atoms with Crippen LogP contribution in [0.4, 0.5) is 22.7 Å². The molecule has 1 aliphatic rings. The first-order chi connectivity index (χ1) is 11.9. The molecule has 0 bridgehead atoms. The summed E-state index contributed by atoms with van der Waals surface area (Å²) in [6, 6.07) is 10.6. The SMILES string of the molecule is Nc1ccc(C=C2CCCC(=Cc3ccc(N)cc3N)C2=O)c(N)c1. The highest BCUT2D eigenvalue weighted by Gasteiger charge is 2.21. The van der Waals surface area contributed by atoms with E-state index in [0.717, 1.165) is 41.5 Å². The highest BCUT2D eigenvalue weighted by atomic mass is 16.1. The number of rotatable bonds is 2. The van der Waals surface area contributed by atoms with E-state index in [1.807, 2.05) is 24.3 Å². The van der Waals surface area contributed by atoms with E-state index >= 15 is 0 Å². The van der Waals surface area contributed by atoms with Gasteiger partial charge in [0, 0.05) is 33.9 Å². The normalized spacial score (nSPS) is 18.0. The second-order valence-corrected chi connectivity index (χ2v) is 6.30. The van der Waals surface area contributed by atoms with Gasteiger partial charge in [0.2, 0.25) is 0 Å². The first-order valence-corrected chi connectivity index (χ1v) is 8.20. The molecule has 0 aliphatic heterocycles. The lowest BCUT2D eigenvalue weighted by Crippen LogP contribution is -2.12. The van der Waals surface area contributed by atoms with Gasteiger partial charge in [0.05, 0.1) is 0 Å². The van der Waals surface area contributed by atoms with E-state index < -0.39 is 0 Å². The van der Waals surface area contributed by atoms with Crippen LogP contribution in [0.1, 0.15) is 30.4 Å². The minimum absolute atomic E-state index is 0.0405. The molecular formula is C20H22N4O. The van der Waals surface area contributed by atoms with E-state index in [1.165, 1.54) is 0 Å². The van der Waals surface area contributed by atoms with E-state index in [9.17, 15) is 4.79 Å². The number of Topliss-reactive ketones (excluding diaryl/α,β-unsaturated/α-hetero) is 1. The Bertz CT molecular complexity index is 825. The Labute approximate surface area is 147 Å². The summed E-state index contributed by atoms with van der Waals surface area (Å²) in [5.74, 6) is 0.0405. The highest BCUT2D eigenvalue weighted by Crippen LogP contribution is 2.30. The Balaban J connectivity index is 1.93. The number of benzene rings is 2. The number of ketones is 1. The first-order valence-electron chi connectivity index (χ1n) is 8.20. The minimum Gasteiger partial charge on any atom is -0.399 e. The number of allylic oxidation sites excluding steroid dienone is 2. The van der Waals surface area contributed by atoms with Gasteiger partial charge in [0.25, 0.3) is 0 Å². The summed E-state index contributed by atoms with van der Waals surface area (Å²) in [6.07, 6.45) is 6.09. The molecule has 0 spiro atoms. The lowest BCUT2D eigenvalue weighted by Gasteiger charge is -2.17. The maximum atomic E-state index is 12.8. The molecule has 0 amide bonds. The van der Waals surface area contributed by atoms with E-state index in [1.54, 1.807) is 24.3 Å². The fourth-order valence-electron chi connectivity index (χ4n) is 3.00. The van der Waals surface area contributed by atoms with E-state index in [2.05, 4.69) is 0 Å². The summed E-state index contributed by atoms with van der Waals surface area (Å²) in [4.78, 5) is 12.8. The summed E-state index contributed by atoms with van der Waals surface area (Å²) in [7, 11) is 0. The van der Waals surface area contributed by atoms with Crippen molar-refractivity contribution in [2.75, 3.05) is 22.9 Å². The molecule has 1 fully saturated rings. The number of carbonyl (C=O) groups is 1. The fraction of sp³-hybridized carbons (Fsp3) is 0.150. The van der Waals surface area contributed by atoms with Gasteiger partial charge in [0.15, 0.2) is 5.78 Å². The van der Waals surface area contributed by atoms with Gasteiger partial charge < -0.3 is 22.9 Å². The second-order valence-electron chi connectivity index (χ2n) is 6.30. The molecule has 0 heterocycles. The van der Waals surface area contributed by atoms with Crippen LogP contribution in [0.3, 0.4) is 0 Å². The quantitative estimate of drug-likeness (QED) is 0.496. The molecule has 1 aliphatic carbocycles. The van der Waals surface area contributed by atoms with Crippen molar-refractivity contribution >= 4 is 40.7 Å². The third-order valence-corrected chi connectivity index (χ3v) is 4.36.